The number of methoxy groups -OCH3 is 2. The number of piperidine rings is 1. The van der Waals surface area contributed by atoms with Gasteiger partial charge >= 0.3 is 0 Å². The molecule has 9 heteroatoms. The topological polar surface area (TPSA) is 91.4 Å². The molecule has 4 rings (SSSR count). The van der Waals surface area contributed by atoms with Crippen LogP contribution in [0, 0.1) is 0 Å². The highest BCUT2D eigenvalue weighted by Gasteiger charge is 2.54. The highest BCUT2D eigenvalue weighted by molar-refractivity contribution is 5.96. The van der Waals surface area contributed by atoms with E-state index in [4.69, 9.17) is 9.47 Å². The van der Waals surface area contributed by atoms with Crippen molar-refractivity contribution in [1.82, 2.24) is 15.1 Å². The van der Waals surface area contributed by atoms with Crippen LogP contribution >= 0.6 is 0 Å². The van der Waals surface area contributed by atoms with E-state index in [1.807, 2.05) is 54.6 Å². The second-order valence-corrected chi connectivity index (χ2v) is 9.17. The minimum absolute atomic E-state index is 0.0117. The van der Waals surface area contributed by atoms with E-state index < -0.39 is 5.54 Å². The molecule has 2 aromatic carbocycles. The van der Waals surface area contributed by atoms with Crippen molar-refractivity contribution in [2.24, 2.45) is 0 Å². The fraction of sp³-hybridized carbons (Fsp3) is 0.444. The number of hydrogen-bond donors (Lipinski definition) is 1. The van der Waals surface area contributed by atoms with Gasteiger partial charge < -0.3 is 29.5 Å². The Morgan fingerprint density at radius 1 is 1.00 bits per heavy atom. The van der Waals surface area contributed by atoms with Gasteiger partial charge in [0.1, 0.15) is 24.4 Å². The van der Waals surface area contributed by atoms with Crippen LogP contribution in [-0.2, 0) is 25.5 Å². The van der Waals surface area contributed by atoms with E-state index in [0.29, 0.717) is 45.6 Å². The number of para-hydroxylation sites is 2. The lowest BCUT2D eigenvalue weighted by molar-refractivity contribution is -0.141. The zero-order valence-electron chi connectivity index (χ0n) is 20.9. The predicted octanol–water partition coefficient (Wildman–Crippen LogP) is 1.67. The Morgan fingerprint density at radius 2 is 1.69 bits per heavy atom. The Balaban J connectivity index is 1.42. The van der Waals surface area contributed by atoms with Gasteiger partial charge in [-0.25, -0.2) is 0 Å². The molecule has 0 saturated carbocycles. The molecule has 1 N–H and O–H groups in total. The van der Waals surface area contributed by atoms with Gasteiger partial charge in [-0.1, -0.05) is 36.4 Å². The summed E-state index contributed by atoms with van der Waals surface area (Å²) in [5.41, 5.74) is 1.17. The third-order valence-corrected chi connectivity index (χ3v) is 7.04. The number of benzene rings is 2. The Kier molecular flexibility index (Phi) is 8.10. The molecule has 2 aliphatic heterocycles. The van der Waals surface area contributed by atoms with Crippen molar-refractivity contribution in [2.75, 3.05) is 58.6 Å². The van der Waals surface area contributed by atoms with Crippen molar-refractivity contribution < 1.29 is 23.9 Å². The van der Waals surface area contributed by atoms with E-state index in [2.05, 4.69) is 10.2 Å². The SMILES string of the molecule is COCC(=O)N1CCC2(CC1)C(=O)N(CC(=O)NCCc1ccccc1OC)CN2c1ccccc1. The molecule has 192 valence electrons. The highest BCUT2D eigenvalue weighted by Crippen LogP contribution is 2.39. The lowest BCUT2D eigenvalue weighted by atomic mass is 9.85. The van der Waals surface area contributed by atoms with Crippen LogP contribution in [0.1, 0.15) is 18.4 Å². The van der Waals surface area contributed by atoms with Crippen LogP contribution in [0.25, 0.3) is 0 Å². The van der Waals surface area contributed by atoms with Crippen LogP contribution in [0.5, 0.6) is 5.75 Å². The summed E-state index contributed by atoms with van der Waals surface area (Å²) in [4.78, 5) is 44.3. The van der Waals surface area contributed by atoms with Gasteiger partial charge in [0.25, 0.3) is 5.91 Å². The molecule has 0 aromatic heterocycles. The summed E-state index contributed by atoms with van der Waals surface area (Å²) in [5, 5.41) is 2.94. The largest absolute Gasteiger partial charge is 0.496 e. The summed E-state index contributed by atoms with van der Waals surface area (Å²) in [6.07, 6.45) is 1.64. The number of nitrogens with one attached hydrogen (secondary N) is 1. The minimum Gasteiger partial charge on any atom is -0.496 e. The van der Waals surface area contributed by atoms with Crippen LogP contribution < -0.4 is 15.0 Å². The maximum atomic E-state index is 13.7. The third kappa shape index (κ3) is 5.31. The van der Waals surface area contributed by atoms with Crippen molar-refractivity contribution in [1.29, 1.82) is 0 Å². The molecule has 0 atom stereocenters. The predicted molar refractivity (Wildman–Crippen MR) is 136 cm³/mol. The van der Waals surface area contributed by atoms with Crippen LogP contribution in [0.4, 0.5) is 5.69 Å². The number of carbonyl (C=O) groups is 3. The first-order valence-electron chi connectivity index (χ1n) is 12.3. The fourth-order valence-electron chi connectivity index (χ4n) is 5.14. The Morgan fingerprint density at radius 3 is 2.39 bits per heavy atom. The third-order valence-electron chi connectivity index (χ3n) is 7.04. The van der Waals surface area contributed by atoms with Crippen molar-refractivity contribution in [3.63, 3.8) is 0 Å². The van der Waals surface area contributed by atoms with Gasteiger partial charge in [0, 0.05) is 32.4 Å². The Hall–Kier alpha value is -3.59. The van der Waals surface area contributed by atoms with Crippen LogP contribution in [-0.4, -0.2) is 86.7 Å². The first-order valence-corrected chi connectivity index (χ1v) is 12.3. The maximum absolute atomic E-state index is 13.7. The zero-order chi connectivity index (χ0) is 25.5. The van der Waals surface area contributed by atoms with Crippen molar-refractivity contribution >= 4 is 23.4 Å². The molecule has 1 spiro atoms. The molecule has 0 radical (unpaired) electrons. The van der Waals surface area contributed by atoms with Crippen LogP contribution in [0.3, 0.4) is 0 Å². The number of nitrogens with zero attached hydrogens (tertiary/aromatic N) is 3. The summed E-state index contributed by atoms with van der Waals surface area (Å²) < 4.78 is 10.4. The summed E-state index contributed by atoms with van der Waals surface area (Å²) in [6.45, 7) is 1.74. The molecule has 2 fully saturated rings. The van der Waals surface area contributed by atoms with E-state index in [1.165, 1.54) is 7.11 Å². The van der Waals surface area contributed by atoms with Crippen molar-refractivity contribution in [2.45, 2.75) is 24.8 Å². The van der Waals surface area contributed by atoms with Gasteiger partial charge in [0.15, 0.2) is 0 Å². The highest BCUT2D eigenvalue weighted by atomic mass is 16.5. The van der Waals surface area contributed by atoms with Crippen LogP contribution in [0.2, 0.25) is 0 Å². The monoisotopic (exact) mass is 494 g/mol. The number of likely N-dealkylation sites (tertiary alicyclic amines) is 1. The van der Waals surface area contributed by atoms with E-state index in [9.17, 15) is 14.4 Å². The van der Waals surface area contributed by atoms with Gasteiger partial charge in [0.05, 0.1) is 13.8 Å². The number of carbonyl (C=O) groups excluding carboxylic acids is 3. The van der Waals surface area contributed by atoms with Gasteiger partial charge in [-0.3, -0.25) is 14.4 Å². The lowest BCUT2D eigenvalue weighted by Crippen LogP contribution is -2.57. The standard InChI is InChI=1S/C27H34N4O5/c1-35-19-25(33)29-16-13-27(14-17-29)26(34)30(20-31(27)22-9-4-3-5-10-22)18-24(32)28-15-12-21-8-6-7-11-23(21)36-2/h3-11H,12-20H2,1-2H3,(H,28,32). The van der Waals surface area contributed by atoms with E-state index >= 15 is 0 Å². The average molecular weight is 495 g/mol. The van der Waals surface area contributed by atoms with Crippen molar-refractivity contribution in [3.8, 4) is 5.75 Å². The van der Waals surface area contributed by atoms with Gasteiger partial charge in [-0.2, -0.15) is 0 Å². The molecule has 0 unspecified atom stereocenters. The minimum atomic E-state index is -0.775. The molecule has 36 heavy (non-hydrogen) atoms. The second kappa shape index (κ2) is 11.4. The molecule has 3 amide bonds. The van der Waals surface area contributed by atoms with E-state index in [-0.39, 0.29) is 30.9 Å². The summed E-state index contributed by atoms with van der Waals surface area (Å²) in [5.74, 6) is 0.452. The average Bonchev–Trinajstić information content (AvgIpc) is 3.16. The molecule has 2 heterocycles. The number of hydrogen-bond acceptors (Lipinski definition) is 6. The fourth-order valence-corrected chi connectivity index (χ4v) is 5.14. The van der Waals surface area contributed by atoms with E-state index in [1.54, 1.807) is 16.9 Å². The van der Waals surface area contributed by atoms with Gasteiger partial charge in [0.2, 0.25) is 11.8 Å². The second-order valence-electron chi connectivity index (χ2n) is 9.17. The lowest BCUT2D eigenvalue weighted by Gasteiger charge is -2.43. The van der Waals surface area contributed by atoms with Gasteiger partial charge in [-0.15, -0.1) is 0 Å². The molecule has 2 aromatic rings. The van der Waals surface area contributed by atoms with Crippen molar-refractivity contribution in [3.05, 3.63) is 60.2 Å². The normalized spacial score (nSPS) is 16.9. The van der Waals surface area contributed by atoms with Crippen LogP contribution in [0.15, 0.2) is 54.6 Å². The van der Waals surface area contributed by atoms with Gasteiger partial charge in [-0.05, 0) is 43.0 Å². The number of amides is 3. The quantitative estimate of drug-likeness (QED) is 0.570. The molecule has 0 bridgehead atoms. The molecule has 0 aliphatic carbocycles. The molecule has 9 nitrogen and oxygen atoms in total. The maximum Gasteiger partial charge on any atom is 0.250 e. The zero-order valence-corrected chi connectivity index (χ0v) is 20.9. The van der Waals surface area contributed by atoms with E-state index in [0.717, 1.165) is 17.0 Å². The molecular weight excluding hydrogens is 460 g/mol. The summed E-state index contributed by atoms with van der Waals surface area (Å²) in [6, 6.07) is 17.5. The number of anilines is 1. The first-order chi connectivity index (χ1) is 17.5. The smallest absolute Gasteiger partial charge is 0.250 e. The summed E-state index contributed by atoms with van der Waals surface area (Å²) in [7, 11) is 3.13. The molecular formula is C27H34N4O5. The molecule has 2 saturated heterocycles. The first kappa shape index (κ1) is 25.5. The summed E-state index contributed by atoms with van der Waals surface area (Å²) >= 11 is 0. The number of rotatable bonds is 9. The Bertz CT molecular complexity index is 1070. The Labute approximate surface area is 211 Å². The number of ether oxygens (including phenoxy) is 2. The molecule has 2 aliphatic rings.